The smallest absolute Gasteiger partial charge is 0.310 e. The van der Waals surface area contributed by atoms with E-state index in [9.17, 15) is 14.7 Å². The molecule has 34 heavy (non-hydrogen) atoms. The Labute approximate surface area is 206 Å². The van der Waals surface area contributed by atoms with Crippen LogP contribution in [0.15, 0.2) is 11.6 Å². The Morgan fingerprint density at radius 2 is 1.68 bits per heavy atom. The maximum atomic E-state index is 12.8. The molecule has 0 spiro atoms. The molecule has 4 heteroatoms. The van der Waals surface area contributed by atoms with Gasteiger partial charge in [0.2, 0.25) is 0 Å². The number of hydrogen-bond acceptors (Lipinski definition) is 3. The molecule has 3 unspecified atom stereocenters. The first-order chi connectivity index (χ1) is 15.7. The zero-order valence-corrected chi connectivity index (χ0v) is 22.5. The molecule has 0 aromatic carbocycles. The lowest BCUT2D eigenvalue weighted by Gasteiger charge is -2.69. The fourth-order valence-corrected chi connectivity index (χ4v) is 10.5. The molecule has 5 rings (SSSR count). The van der Waals surface area contributed by atoms with Gasteiger partial charge in [0.05, 0.1) is 5.41 Å². The number of hydrogen-bond donors (Lipinski definition) is 1. The molecule has 1 aliphatic heterocycles. The molecule has 9 atom stereocenters. The van der Waals surface area contributed by atoms with Crippen LogP contribution in [0.1, 0.15) is 106 Å². The predicted octanol–water partition coefficient (Wildman–Crippen LogP) is 7.02. The SMILES string of the molecule is C[C@@H]1CC[C@]2(C(=O)O)CC[C@]3(C)C(=CCC4[C@@]5(C)CCC(=O)OC(C)(C)C5CC[C@]43C)C2[C@H]1C. The third kappa shape index (κ3) is 2.89. The summed E-state index contributed by atoms with van der Waals surface area (Å²) in [6.07, 6.45) is 10.7. The van der Waals surface area contributed by atoms with E-state index < -0.39 is 17.0 Å². The van der Waals surface area contributed by atoms with E-state index in [-0.39, 0.29) is 28.1 Å². The van der Waals surface area contributed by atoms with Crippen LogP contribution in [-0.2, 0) is 14.3 Å². The van der Waals surface area contributed by atoms with Crippen LogP contribution in [-0.4, -0.2) is 22.6 Å². The van der Waals surface area contributed by atoms with Crippen LogP contribution in [0.3, 0.4) is 0 Å². The summed E-state index contributed by atoms with van der Waals surface area (Å²) in [5, 5.41) is 10.5. The Balaban J connectivity index is 1.62. The number of carbonyl (C=O) groups is 2. The van der Waals surface area contributed by atoms with E-state index in [0.29, 0.717) is 30.1 Å². The van der Waals surface area contributed by atoms with Crippen LogP contribution < -0.4 is 0 Å². The zero-order chi connectivity index (χ0) is 24.9. The first-order valence-electron chi connectivity index (χ1n) is 13.9. The van der Waals surface area contributed by atoms with Crippen LogP contribution in [0.4, 0.5) is 0 Å². The molecule has 4 nitrogen and oxygen atoms in total. The van der Waals surface area contributed by atoms with E-state index in [1.807, 2.05) is 0 Å². The minimum atomic E-state index is -0.591. The minimum absolute atomic E-state index is 0.0140. The number of allylic oxidation sites excluding steroid dienone is 2. The molecule has 0 aromatic rings. The second kappa shape index (κ2) is 7.35. The maximum absolute atomic E-state index is 12.8. The normalized spacial score (nSPS) is 52.0. The van der Waals surface area contributed by atoms with Crippen molar-refractivity contribution in [3.05, 3.63) is 11.6 Å². The quantitative estimate of drug-likeness (QED) is 0.330. The third-order valence-electron chi connectivity index (χ3n) is 12.8. The van der Waals surface area contributed by atoms with E-state index in [1.165, 1.54) is 5.57 Å². The lowest BCUT2D eigenvalue weighted by atomic mass is 9.35. The number of rotatable bonds is 1. The highest BCUT2D eigenvalue weighted by Crippen LogP contribution is 2.74. The van der Waals surface area contributed by atoms with Crippen molar-refractivity contribution in [1.29, 1.82) is 0 Å². The zero-order valence-electron chi connectivity index (χ0n) is 22.5. The van der Waals surface area contributed by atoms with Crippen LogP contribution >= 0.6 is 0 Å². The molecule has 5 aliphatic rings. The first kappa shape index (κ1) is 24.4. The summed E-state index contributed by atoms with van der Waals surface area (Å²) in [6, 6.07) is 0. The van der Waals surface area contributed by atoms with Gasteiger partial charge in [-0.3, -0.25) is 9.59 Å². The molecule has 1 N–H and O–H groups in total. The monoisotopic (exact) mass is 470 g/mol. The third-order valence-corrected chi connectivity index (χ3v) is 12.8. The van der Waals surface area contributed by atoms with Gasteiger partial charge < -0.3 is 9.84 Å². The standard InChI is InChI=1S/C30H46O4/c1-18-10-15-30(25(32)33)17-16-28(6)20(24(30)19(18)2)8-9-22-27(5)13-12-23(31)34-26(3,4)21(27)11-14-29(22,28)7/h8,18-19,21-22,24H,9-17H2,1-7H3,(H,32,33)/t18-,19+,21?,22?,24?,27+,28-,29-,30+/m1/s1. The molecule has 3 saturated carbocycles. The van der Waals surface area contributed by atoms with Crippen LogP contribution in [0.25, 0.3) is 0 Å². The molecule has 190 valence electrons. The summed E-state index contributed by atoms with van der Waals surface area (Å²) < 4.78 is 5.99. The number of carboxylic acids is 1. The van der Waals surface area contributed by atoms with Crippen LogP contribution in [0.2, 0.25) is 0 Å². The minimum Gasteiger partial charge on any atom is -0.481 e. The van der Waals surface area contributed by atoms with Crippen molar-refractivity contribution in [3.8, 4) is 0 Å². The molecular formula is C30H46O4. The maximum Gasteiger partial charge on any atom is 0.310 e. The number of carbonyl (C=O) groups excluding carboxylic acids is 1. The Bertz CT molecular complexity index is 934. The average Bonchev–Trinajstić information content (AvgIpc) is 2.83. The van der Waals surface area contributed by atoms with E-state index >= 15 is 0 Å². The lowest BCUT2D eigenvalue weighted by Crippen LogP contribution is -2.64. The number of carboxylic acid groups (broad SMARTS) is 1. The number of fused-ring (bicyclic) bond motifs is 7. The van der Waals surface area contributed by atoms with E-state index in [0.717, 1.165) is 51.4 Å². The van der Waals surface area contributed by atoms with Crippen molar-refractivity contribution in [2.75, 3.05) is 0 Å². The van der Waals surface area contributed by atoms with Crippen molar-refractivity contribution in [3.63, 3.8) is 0 Å². The lowest BCUT2D eigenvalue weighted by molar-refractivity contribution is -0.192. The number of esters is 1. The van der Waals surface area contributed by atoms with Gasteiger partial charge in [-0.25, -0.2) is 0 Å². The van der Waals surface area contributed by atoms with Crippen molar-refractivity contribution in [1.82, 2.24) is 0 Å². The Morgan fingerprint density at radius 1 is 0.971 bits per heavy atom. The predicted molar refractivity (Wildman–Crippen MR) is 133 cm³/mol. The largest absolute Gasteiger partial charge is 0.481 e. The number of cyclic esters (lactones) is 1. The van der Waals surface area contributed by atoms with Gasteiger partial charge in [0, 0.05) is 12.3 Å². The second-order valence-corrected chi connectivity index (χ2v) is 14.2. The topological polar surface area (TPSA) is 63.6 Å². The molecule has 0 aromatic heterocycles. The summed E-state index contributed by atoms with van der Waals surface area (Å²) in [4.78, 5) is 25.4. The van der Waals surface area contributed by atoms with Gasteiger partial charge in [-0.2, -0.15) is 0 Å². The summed E-state index contributed by atoms with van der Waals surface area (Å²) in [7, 11) is 0. The van der Waals surface area contributed by atoms with Gasteiger partial charge >= 0.3 is 11.9 Å². The second-order valence-electron chi connectivity index (χ2n) is 14.2. The number of ether oxygens (including phenoxy) is 1. The van der Waals surface area contributed by atoms with Gasteiger partial charge in [0.15, 0.2) is 0 Å². The van der Waals surface area contributed by atoms with Crippen LogP contribution in [0, 0.1) is 51.2 Å². The van der Waals surface area contributed by atoms with Crippen molar-refractivity contribution in [2.24, 2.45) is 51.2 Å². The molecule has 0 bridgehead atoms. The van der Waals surface area contributed by atoms with Gasteiger partial charge in [-0.15, -0.1) is 0 Å². The molecule has 1 saturated heterocycles. The molecular weight excluding hydrogens is 424 g/mol. The van der Waals surface area contributed by atoms with E-state index in [4.69, 9.17) is 4.74 Å². The average molecular weight is 471 g/mol. The summed E-state index contributed by atoms with van der Waals surface area (Å²) >= 11 is 0. The van der Waals surface area contributed by atoms with E-state index in [1.54, 1.807) is 0 Å². The molecule has 1 heterocycles. The Morgan fingerprint density at radius 3 is 2.35 bits per heavy atom. The van der Waals surface area contributed by atoms with Crippen molar-refractivity contribution in [2.45, 2.75) is 112 Å². The molecule has 4 fully saturated rings. The Hall–Kier alpha value is -1.32. The first-order valence-corrected chi connectivity index (χ1v) is 13.9. The highest BCUT2D eigenvalue weighted by atomic mass is 16.6. The van der Waals surface area contributed by atoms with Gasteiger partial charge in [-0.1, -0.05) is 46.3 Å². The fraction of sp³-hybridized carbons (Fsp3) is 0.867. The highest BCUT2D eigenvalue weighted by molar-refractivity contribution is 5.76. The van der Waals surface area contributed by atoms with Crippen molar-refractivity contribution < 1.29 is 19.4 Å². The van der Waals surface area contributed by atoms with Crippen LogP contribution in [0.5, 0.6) is 0 Å². The van der Waals surface area contributed by atoms with Gasteiger partial charge in [-0.05, 0) is 105 Å². The highest BCUT2D eigenvalue weighted by Gasteiger charge is 2.69. The molecule has 4 aliphatic carbocycles. The molecule has 0 radical (unpaired) electrons. The Kier molecular flexibility index (Phi) is 5.27. The molecule has 0 amide bonds. The summed E-state index contributed by atoms with van der Waals surface area (Å²) in [6.45, 7) is 16.4. The van der Waals surface area contributed by atoms with Crippen molar-refractivity contribution >= 4 is 11.9 Å². The van der Waals surface area contributed by atoms with Gasteiger partial charge in [0.1, 0.15) is 5.60 Å². The van der Waals surface area contributed by atoms with E-state index in [2.05, 4.69) is 54.5 Å². The summed E-state index contributed by atoms with van der Waals surface area (Å²) in [5.74, 6) is 1.33. The number of aliphatic carboxylic acids is 1. The summed E-state index contributed by atoms with van der Waals surface area (Å²) in [5.41, 5.74) is 0.609. The fourth-order valence-electron chi connectivity index (χ4n) is 10.5. The van der Waals surface area contributed by atoms with Gasteiger partial charge in [0.25, 0.3) is 0 Å².